The first-order chi connectivity index (χ1) is 10.7. The summed E-state index contributed by atoms with van der Waals surface area (Å²) in [5.74, 6) is -0.343. The lowest BCUT2D eigenvalue weighted by molar-refractivity contribution is -0.143. The minimum absolute atomic E-state index is 0.0342. The van der Waals surface area contributed by atoms with Crippen LogP contribution in [0.4, 0.5) is 0 Å². The SMILES string of the molecule is CCCOC(=O)CCC(=O)c1ccc(-c2ccccc2)cc1. The van der Waals surface area contributed by atoms with Crippen molar-refractivity contribution in [1.29, 1.82) is 0 Å². The van der Waals surface area contributed by atoms with Crippen molar-refractivity contribution in [3.05, 3.63) is 60.2 Å². The molecular weight excluding hydrogens is 276 g/mol. The van der Waals surface area contributed by atoms with E-state index in [0.29, 0.717) is 12.2 Å². The number of ketones is 1. The normalized spacial score (nSPS) is 10.2. The topological polar surface area (TPSA) is 43.4 Å². The number of hydrogen-bond acceptors (Lipinski definition) is 3. The molecule has 0 N–H and O–H groups in total. The number of esters is 1. The Bertz CT molecular complexity index is 615. The van der Waals surface area contributed by atoms with Crippen LogP contribution in [0.3, 0.4) is 0 Å². The van der Waals surface area contributed by atoms with E-state index in [2.05, 4.69) is 0 Å². The highest BCUT2D eigenvalue weighted by Gasteiger charge is 2.10. The van der Waals surface area contributed by atoms with Gasteiger partial charge in [0.1, 0.15) is 0 Å². The van der Waals surface area contributed by atoms with Crippen LogP contribution in [-0.4, -0.2) is 18.4 Å². The average Bonchev–Trinajstić information content (AvgIpc) is 2.58. The summed E-state index contributed by atoms with van der Waals surface area (Å²) in [6.45, 7) is 2.35. The minimum Gasteiger partial charge on any atom is -0.466 e. The Balaban J connectivity index is 1.93. The molecule has 2 aromatic carbocycles. The number of carbonyl (C=O) groups is 2. The fraction of sp³-hybridized carbons (Fsp3) is 0.263. The monoisotopic (exact) mass is 296 g/mol. The van der Waals surface area contributed by atoms with Crippen molar-refractivity contribution in [3.63, 3.8) is 0 Å². The van der Waals surface area contributed by atoms with Gasteiger partial charge in [0.05, 0.1) is 13.0 Å². The van der Waals surface area contributed by atoms with Crippen LogP contribution in [0.1, 0.15) is 36.5 Å². The molecule has 0 bridgehead atoms. The summed E-state index contributed by atoms with van der Waals surface area (Å²) in [7, 11) is 0. The zero-order valence-electron chi connectivity index (χ0n) is 12.7. The van der Waals surface area contributed by atoms with Crippen molar-refractivity contribution in [2.75, 3.05) is 6.61 Å². The molecule has 3 nitrogen and oxygen atoms in total. The Labute approximate surface area is 130 Å². The molecule has 0 amide bonds. The Morgan fingerprint density at radius 3 is 2.14 bits per heavy atom. The lowest BCUT2D eigenvalue weighted by Gasteiger charge is -2.05. The molecule has 0 saturated carbocycles. The fourth-order valence-electron chi connectivity index (χ4n) is 2.13. The maximum Gasteiger partial charge on any atom is 0.306 e. The van der Waals surface area contributed by atoms with Gasteiger partial charge in [-0.25, -0.2) is 0 Å². The maximum absolute atomic E-state index is 12.1. The van der Waals surface area contributed by atoms with Gasteiger partial charge in [-0.15, -0.1) is 0 Å². The van der Waals surface area contributed by atoms with E-state index in [9.17, 15) is 9.59 Å². The van der Waals surface area contributed by atoms with E-state index in [1.54, 1.807) is 0 Å². The Kier molecular flexibility index (Phi) is 5.90. The fourth-order valence-corrected chi connectivity index (χ4v) is 2.13. The van der Waals surface area contributed by atoms with Gasteiger partial charge in [0.2, 0.25) is 0 Å². The molecule has 3 heteroatoms. The smallest absolute Gasteiger partial charge is 0.306 e. The summed E-state index contributed by atoms with van der Waals surface area (Å²) < 4.78 is 4.96. The van der Waals surface area contributed by atoms with Gasteiger partial charge in [0.15, 0.2) is 5.78 Å². The van der Waals surface area contributed by atoms with Crippen LogP contribution < -0.4 is 0 Å². The molecule has 0 aliphatic heterocycles. The lowest BCUT2D eigenvalue weighted by Crippen LogP contribution is -2.08. The highest BCUT2D eigenvalue weighted by molar-refractivity contribution is 5.97. The third-order valence-electron chi connectivity index (χ3n) is 3.34. The quantitative estimate of drug-likeness (QED) is 0.566. The Morgan fingerprint density at radius 1 is 0.864 bits per heavy atom. The number of Topliss-reactive ketones (excluding diaryl/α,β-unsaturated/α-hetero) is 1. The van der Waals surface area contributed by atoms with E-state index in [-0.39, 0.29) is 24.6 Å². The predicted octanol–water partition coefficient (Wildman–Crippen LogP) is 4.27. The molecule has 2 aromatic rings. The molecule has 0 aliphatic rings. The highest BCUT2D eigenvalue weighted by atomic mass is 16.5. The summed E-state index contributed by atoms with van der Waals surface area (Å²) in [4.78, 5) is 23.5. The van der Waals surface area contributed by atoms with Crippen LogP contribution in [0.15, 0.2) is 54.6 Å². The molecule has 0 spiro atoms. The lowest BCUT2D eigenvalue weighted by atomic mass is 10.0. The van der Waals surface area contributed by atoms with Gasteiger partial charge in [0, 0.05) is 12.0 Å². The Morgan fingerprint density at radius 2 is 1.50 bits per heavy atom. The van der Waals surface area contributed by atoms with Crippen molar-refractivity contribution < 1.29 is 14.3 Å². The van der Waals surface area contributed by atoms with Crippen molar-refractivity contribution in [2.45, 2.75) is 26.2 Å². The van der Waals surface area contributed by atoms with Crippen LogP contribution >= 0.6 is 0 Å². The number of carbonyl (C=O) groups excluding carboxylic acids is 2. The second-order valence-electron chi connectivity index (χ2n) is 5.09. The van der Waals surface area contributed by atoms with E-state index in [0.717, 1.165) is 17.5 Å². The molecule has 2 rings (SSSR count). The van der Waals surface area contributed by atoms with E-state index in [4.69, 9.17) is 4.74 Å². The summed E-state index contributed by atoms with van der Waals surface area (Å²) in [5, 5.41) is 0. The number of benzene rings is 2. The van der Waals surface area contributed by atoms with E-state index in [1.165, 1.54) is 0 Å². The number of ether oxygens (including phenoxy) is 1. The first-order valence-electron chi connectivity index (χ1n) is 7.55. The molecule has 0 atom stereocenters. The average molecular weight is 296 g/mol. The van der Waals surface area contributed by atoms with Crippen molar-refractivity contribution in [1.82, 2.24) is 0 Å². The summed E-state index contributed by atoms with van der Waals surface area (Å²) in [6, 6.07) is 17.5. The number of hydrogen-bond donors (Lipinski definition) is 0. The van der Waals surface area contributed by atoms with E-state index >= 15 is 0 Å². The van der Waals surface area contributed by atoms with Gasteiger partial charge in [-0.3, -0.25) is 9.59 Å². The zero-order valence-corrected chi connectivity index (χ0v) is 12.7. The second kappa shape index (κ2) is 8.13. The Hall–Kier alpha value is -2.42. The van der Waals surface area contributed by atoms with Gasteiger partial charge in [0.25, 0.3) is 0 Å². The van der Waals surface area contributed by atoms with Crippen LogP contribution in [0.25, 0.3) is 11.1 Å². The molecule has 0 radical (unpaired) electrons. The maximum atomic E-state index is 12.1. The molecule has 0 aromatic heterocycles. The first kappa shape index (κ1) is 16.0. The zero-order chi connectivity index (χ0) is 15.8. The van der Waals surface area contributed by atoms with E-state index < -0.39 is 0 Å². The van der Waals surface area contributed by atoms with Gasteiger partial charge in [-0.05, 0) is 17.5 Å². The third kappa shape index (κ3) is 4.55. The summed E-state index contributed by atoms with van der Waals surface area (Å²) in [6.07, 6.45) is 1.12. The van der Waals surface area contributed by atoms with Crippen LogP contribution in [0.2, 0.25) is 0 Å². The molecule has 0 heterocycles. The van der Waals surface area contributed by atoms with Crippen LogP contribution in [0, 0.1) is 0 Å². The summed E-state index contributed by atoms with van der Waals surface area (Å²) in [5.41, 5.74) is 2.81. The highest BCUT2D eigenvalue weighted by Crippen LogP contribution is 2.19. The van der Waals surface area contributed by atoms with Crippen LogP contribution in [0.5, 0.6) is 0 Å². The molecule has 0 fully saturated rings. The van der Waals surface area contributed by atoms with Crippen LogP contribution in [-0.2, 0) is 9.53 Å². The van der Waals surface area contributed by atoms with Crippen molar-refractivity contribution in [3.8, 4) is 11.1 Å². The van der Waals surface area contributed by atoms with Gasteiger partial charge < -0.3 is 4.74 Å². The molecule has 0 saturated heterocycles. The van der Waals surface area contributed by atoms with Gasteiger partial charge in [-0.2, -0.15) is 0 Å². The largest absolute Gasteiger partial charge is 0.466 e. The van der Waals surface area contributed by atoms with E-state index in [1.807, 2.05) is 61.5 Å². The molecule has 22 heavy (non-hydrogen) atoms. The summed E-state index contributed by atoms with van der Waals surface area (Å²) >= 11 is 0. The van der Waals surface area contributed by atoms with Crippen molar-refractivity contribution in [2.24, 2.45) is 0 Å². The third-order valence-corrected chi connectivity index (χ3v) is 3.34. The first-order valence-corrected chi connectivity index (χ1v) is 7.55. The molecule has 114 valence electrons. The standard InChI is InChI=1S/C19H20O3/c1-2-14-22-19(21)13-12-18(20)17-10-8-16(9-11-17)15-6-4-3-5-7-15/h3-11H,2,12-14H2,1H3. The number of rotatable bonds is 7. The molecular formula is C19H20O3. The molecule has 0 unspecified atom stereocenters. The predicted molar refractivity (Wildman–Crippen MR) is 86.7 cm³/mol. The van der Waals surface area contributed by atoms with Gasteiger partial charge in [-0.1, -0.05) is 61.5 Å². The second-order valence-corrected chi connectivity index (χ2v) is 5.09. The van der Waals surface area contributed by atoms with Gasteiger partial charge >= 0.3 is 5.97 Å². The van der Waals surface area contributed by atoms with Crippen molar-refractivity contribution >= 4 is 11.8 Å². The molecule has 0 aliphatic carbocycles. The minimum atomic E-state index is -0.309.